The maximum absolute atomic E-state index is 11.3. The van der Waals surface area contributed by atoms with Crippen LogP contribution in [0.1, 0.15) is 36.5 Å². The second-order valence-electron chi connectivity index (χ2n) is 4.27. The number of fused-ring (bicyclic) bond motifs is 1. The molecule has 78 valence electrons. The molecular formula is C13H15NO. The minimum atomic E-state index is 0.0356. The van der Waals surface area contributed by atoms with Crippen molar-refractivity contribution < 1.29 is 4.79 Å². The number of carbonyl (C=O) groups is 1. The summed E-state index contributed by atoms with van der Waals surface area (Å²) in [6, 6.07) is 6.27. The van der Waals surface area contributed by atoms with E-state index in [1.54, 1.807) is 0 Å². The highest BCUT2D eigenvalue weighted by molar-refractivity contribution is 5.92. The number of amides is 1. The van der Waals surface area contributed by atoms with Crippen LogP contribution in [-0.4, -0.2) is 5.91 Å². The fourth-order valence-corrected chi connectivity index (χ4v) is 1.87. The quantitative estimate of drug-likeness (QED) is 0.743. The minimum Gasteiger partial charge on any atom is -0.326 e. The van der Waals surface area contributed by atoms with Crippen molar-refractivity contribution in [2.24, 2.45) is 0 Å². The third-order valence-electron chi connectivity index (χ3n) is 2.76. The van der Waals surface area contributed by atoms with Crippen molar-refractivity contribution in [1.29, 1.82) is 0 Å². The Balaban J connectivity index is 2.48. The van der Waals surface area contributed by atoms with Crippen LogP contribution in [0.25, 0.3) is 5.70 Å². The van der Waals surface area contributed by atoms with Crippen LogP contribution < -0.4 is 5.32 Å². The zero-order chi connectivity index (χ0) is 11.0. The Labute approximate surface area is 90.0 Å². The molecule has 0 radical (unpaired) electrons. The van der Waals surface area contributed by atoms with Crippen LogP contribution in [0.15, 0.2) is 24.8 Å². The molecule has 1 N–H and O–H groups in total. The van der Waals surface area contributed by atoms with E-state index in [4.69, 9.17) is 0 Å². The fraction of sp³-hybridized carbons (Fsp3) is 0.308. The van der Waals surface area contributed by atoms with Gasteiger partial charge in [-0.2, -0.15) is 0 Å². The Morgan fingerprint density at radius 1 is 1.40 bits per heavy atom. The summed E-state index contributed by atoms with van der Waals surface area (Å²) in [6.07, 6.45) is 0.467. The summed E-state index contributed by atoms with van der Waals surface area (Å²) in [4.78, 5) is 11.3. The molecule has 2 heteroatoms. The first-order valence-corrected chi connectivity index (χ1v) is 5.20. The number of benzene rings is 1. The molecule has 15 heavy (non-hydrogen) atoms. The van der Waals surface area contributed by atoms with Gasteiger partial charge in [0, 0.05) is 11.3 Å². The molecule has 2 nitrogen and oxygen atoms in total. The summed E-state index contributed by atoms with van der Waals surface area (Å²) >= 11 is 0. The average Bonchev–Trinajstić information content (AvgIpc) is 2.16. The number of nitrogens with one attached hydrogen (secondary N) is 1. The van der Waals surface area contributed by atoms with E-state index in [1.165, 1.54) is 5.56 Å². The zero-order valence-electron chi connectivity index (χ0n) is 9.13. The second-order valence-corrected chi connectivity index (χ2v) is 4.27. The van der Waals surface area contributed by atoms with Crippen LogP contribution in [-0.2, 0) is 11.2 Å². The summed E-state index contributed by atoms with van der Waals surface area (Å²) < 4.78 is 0. The second kappa shape index (κ2) is 3.54. The van der Waals surface area contributed by atoms with Crippen molar-refractivity contribution in [2.45, 2.75) is 26.2 Å². The van der Waals surface area contributed by atoms with E-state index in [9.17, 15) is 4.79 Å². The van der Waals surface area contributed by atoms with Crippen molar-refractivity contribution >= 4 is 11.6 Å². The molecule has 0 saturated heterocycles. The lowest BCUT2D eigenvalue weighted by atomic mass is 9.92. The first-order valence-electron chi connectivity index (χ1n) is 5.20. The van der Waals surface area contributed by atoms with Gasteiger partial charge in [-0.3, -0.25) is 4.79 Å². The van der Waals surface area contributed by atoms with E-state index in [-0.39, 0.29) is 5.91 Å². The summed E-state index contributed by atoms with van der Waals surface area (Å²) in [5, 5.41) is 2.75. The molecule has 0 saturated carbocycles. The molecule has 0 bridgehead atoms. The van der Waals surface area contributed by atoms with Gasteiger partial charge in [0.1, 0.15) is 0 Å². The lowest BCUT2D eigenvalue weighted by Gasteiger charge is -2.20. The van der Waals surface area contributed by atoms with E-state index in [2.05, 4.69) is 37.9 Å². The molecular weight excluding hydrogens is 186 g/mol. The van der Waals surface area contributed by atoms with Crippen molar-refractivity contribution in [2.75, 3.05) is 0 Å². The summed E-state index contributed by atoms with van der Waals surface area (Å²) in [7, 11) is 0. The van der Waals surface area contributed by atoms with Gasteiger partial charge >= 0.3 is 0 Å². The molecule has 0 aliphatic carbocycles. The predicted molar refractivity (Wildman–Crippen MR) is 61.4 cm³/mol. The maximum atomic E-state index is 11.3. The van der Waals surface area contributed by atoms with Crippen LogP contribution >= 0.6 is 0 Å². The van der Waals surface area contributed by atoms with E-state index >= 15 is 0 Å². The van der Waals surface area contributed by atoms with Gasteiger partial charge in [-0.25, -0.2) is 0 Å². The predicted octanol–water partition coefficient (Wildman–Crippen LogP) is 2.45. The topological polar surface area (TPSA) is 29.1 Å². The maximum Gasteiger partial charge on any atom is 0.228 e. The fourth-order valence-electron chi connectivity index (χ4n) is 1.87. The molecule has 1 heterocycles. The monoisotopic (exact) mass is 201 g/mol. The van der Waals surface area contributed by atoms with Gasteiger partial charge in [-0.1, -0.05) is 38.6 Å². The molecule has 2 rings (SSSR count). The van der Waals surface area contributed by atoms with E-state index in [0.29, 0.717) is 12.3 Å². The number of hydrogen-bond donors (Lipinski definition) is 1. The van der Waals surface area contributed by atoms with Gasteiger partial charge in [-0.15, -0.1) is 0 Å². The zero-order valence-corrected chi connectivity index (χ0v) is 9.13. The summed E-state index contributed by atoms with van der Waals surface area (Å²) in [6.45, 7) is 8.15. The number of carbonyl (C=O) groups excluding carboxylic acids is 1. The van der Waals surface area contributed by atoms with Crippen LogP contribution in [0.4, 0.5) is 0 Å². The smallest absolute Gasteiger partial charge is 0.228 e. The molecule has 1 amide bonds. The van der Waals surface area contributed by atoms with E-state index in [0.717, 1.165) is 16.8 Å². The van der Waals surface area contributed by atoms with Crippen LogP contribution in [0.3, 0.4) is 0 Å². The largest absolute Gasteiger partial charge is 0.326 e. The number of hydrogen-bond acceptors (Lipinski definition) is 1. The van der Waals surface area contributed by atoms with Gasteiger partial charge in [0.15, 0.2) is 0 Å². The first kappa shape index (κ1) is 9.97. The minimum absolute atomic E-state index is 0.0356. The molecule has 1 aliphatic rings. The Kier molecular flexibility index (Phi) is 2.35. The molecule has 1 aromatic rings. The molecule has 0 unspecified atom stereocenters. The van der Waals surface area contributed by atoms with Crippen LogP contribution in [0.2, 0.25) is 0 Å². The highest BCUT2D eigenvalue weighted by Gasteiger charge is 2.18. The Morgan fingerprint density at radius 3 is 2.80 bits per heavy atom. The van der Waals surface area contributed by atoms with Crippen molar-refractivity contribution in [3.05, 3.63) is 41.5 Å². The highest BCUT2D eigenvalue weighted by atomic mass is 16.1. The molecule has 0 aromatic heterocycles. The van der Waals surface area contributed by atoms with E-state index < -0.39 is 0 Å². The summed E-state index contributed by atoms with van der Waals surface area (Å²) in [5.41, 5.74) is 4.15. The van der Waals surface area contributed by atoms with Crippen molar-refractivity contribution in [3.8, 4) is 0 Å². The lowest BCUT2D eigenvalue weighted by molar-refractivity contribution is -0.119. The Morgan fingerprint density at radius 2 is 2.13 bits per heavy atom. The molecule has 0 spiro atoms. The van der Waals surface area contributed by atoms with Crippen LogP contribution in [0.5, 0.6) is 0 Å². The lowest BCUT2D eigenvalue weighted by Crippen LogP contribution is -2.28. The third kappa shape index (κ3) is 1.80. The molecule has 0 atom stereocenters. The number of rotatable bonds is 1. The van der Waals surface area contributed by atoms with Gasteiger partial charge in [-0.05, 0) is 17.0 Å². The molecule has 1 aliphatic heterocycles. The first-order chi connectivity index (χ1) is 7.08. The third-order valence-corrected chi connectivity index (χ3v) is 2.76. The Bertz CT molecular complexity index is 432. The molecule has 0 fully saturated rings. The van der Waals surface area contributed by atoms with Gasteiger partial charge in [0.25, 0.3) is 0 Å². The molecule has 1 aromatic carbocycles. The van der Waals surface area contributed by atoms with Crippen molar-refractivity contribution in [3.63, 3.8) is 0 Å². The SMILES string of the molecule is C=C1NC(=O)Cc2cc(C(C)C)ccc21. The normalized spacial score (nSPS) is 15.1. The van der Waals surface area contributed by atoms with Crippen molar-refractivity contribution in [1.82, 2.24) is 5.32 Å². The summed E-state index contributed by atoms with van der Waals surface area (Å²) in [5.74, 6) is 0.530. The Hall–Kier alpha value is -1.57. The van der Waals surface area contributed by atoms with Gasteiger partial charge in [0.05, 0.1) is 6.42 Å². The highest BCUT2D eigenvalue weighted by Crippen LogP contribution is 2.25. The van der Waals surface area contributed by atoms with E-state index in [1.807, 2.05) is 6.07 Å². The standard InChI is InChI=1S/C13H15NO/c1-8(2)10-4-5-12-9(3)14-13(15)7-11(12)6-10/h4-6,8H,3,7H2,1-2H3,(H,14,15). The van der Waals surface area contributed by atoms with Crippen LogP contribution in [0, 0.1) is 0 Å². The van der Waals surface area contributed by atoms with Gasteiger partial charge in [0.2, 0.25) is 5.91 Å². The average molecular weight is 201 g/mol. The van der Waals surface area contributed by atoms with Gasteiger partial charge < -0.3 is 5.32 Å².